The molecule has 1 aliphatic rings. The maximum absolute atomic E-state index is 13.3. The van der Waals surface area contributed by atoms with Crippen LogP contribution in [0, 0.1) is 5.92 Å². The van der Waals surface area contributed by atoms with Gasteiger partial charge in [-0.25, -0.2) is 4.52 Å². The Morgan fingerprint density at radius 2 is 2.00 bits per heavy atom. The largest absolute Gasteiger partial charge is 0.456 e. The maximum atomic E-state index is 13.3. The standard InChI is InChI=1S/C23H22F3N7O3/c1-2-32-12-17(23(24,25)26)19(30-32)21(35)27-14-4-3-5-15(10-14)36-16-8-9-18-28-22(31-33(18)11-16)29-20(34)13-6-7-13/h3-5,8-13,20,34H,2,6-7H2,1H3,(H,27,35)(H,29,31). The molecule has 10 nitrogen and oxygen atoms in total. The highest BCUT2D eigenvalue weighted by molar-refractivity contribution is 6.04. The summed E-state index contributed by atoms with van der Waals surface area (Å²) in [5.41, 5.74) is -1.03. The van der Waals surface area contributed by atoms with Crippen molar-refractivity contribution in [3.63, 3.8) is 0 Å². The molecule has 3 aromatic heterocycles. The van der Waals surface area contributed by atoms with Gasteiger partial charge in [0, 0.05) is 30.4 Å². The van der Waals surface area contributed by atoms with E-state index in [0.29, 0.717) is 23.1 Å². The molecule has 0 aliphatic heterocycles. The molecular weight excluding hydrogens is 479 g/mol. The number of alkyl halides is 3. The van der Waals surface area contributed by atoms with Crippen molar-refractivity contribution < 1.29 is 27.8 Å². The minimum absolute atomic E-state index is 0.189. The summed E-state index contributed by atoms with van der Waals surface area (Å²) < 4.78 is 48.4. The Morgan fingerprint density at radius 3 is 2.72 bits per heavy atom. The third-order valence-corrected chi connectivity index (χ3v) is 5.58. The molecule has 13 heteroatoms. The summed E-state index contributed by atoms with van der Waals surface area (Å²) in [6, 6.07) is 9.59. The molecule has 188 valence electrons. The molecule has 1 fully saturated rings. The molecule has 1 atom stereocenters. The number of anilines is 2. The van der Waals surface area contributed by atoms with Crippen molar-refractivity contribution in [3.05, 3.63) is 60.0 Å². The first kappa shape index (κ1) is 23.6. The molecule has 0 bridgehead atoms. The molecule has 0 saturated heterocycles. The highest BCUT2D eigenvalue weighted by atomic mass is 19.4. The first-order valence-corrected chi connectivity index (χ1v) is 11.2. The van der Waals surface area contributed by atoms with E-state index in [4.69, 9.17) is 4.74 Å². The zero-order chi connectivity index (χ0) is 25.4. The van der Waals surface area contributed by atoms with E-state index in [-0.39, 0.29) is 18.2 Å². The van der Waals surface area contributed by atoms with E-state index >= 15 is 0 Å². The number of aryl methyl sites for hydroxylation is 1. The number of hydrogen-bond donors (Lipinski definition) is 3. The first-order valence-electron chi connectivity index (χ1n) is 11.2. The normalized spacial score (nSPS) is 14.6. The summed E-state index contributed by atoms with van der Waals surface area (Å²) in [5, 5.41) is 23.4. The Hall–Kier alpha value is -4.13. The van der Waals surface area contributed by atoms with Crippen LogP contribution in [-0.2, 0) is 12.7 Å². The van der Waals surface area contributed by atoms with Crippen LogP contribution < -0.4 is 15.4 Å². The topological polar surface area (TPSA) is 119 Å². The summed E-state index contributed by atoms with van der Waals surface area (Å²) in [6.07, 6.45) is -1.08. The number of hydrogen-bond acceptors (Lipinski definition) is 7. The van der Waals surface area contributed by atoms with Crippen LogP contribution in [0.15, 0.2) is 48.8 Å². The Balaban J connectivity index is 1.30. The minimum Gasteiger partial charge on any atom is -0.456 e. The quantitative estimate of drug-likeness (QED) is 0.311. The number of ether oxygens (including phenoxy) is 1. The Bertz CT molecular complexity index is 1410. The lowest BCUT2D eigenvalue weighted by Gasteiger charge is -2.10. The van der Waals surface area contributed by atoms with E-state index in [2.05, 4.69) is 25.8 Å². The Labute approximate surface area is 202 Å². The van der Waals surface area contributed by atoms with Crippen molar-refractivity contribution in [2.24, 2.45) is 5.92 Å². The van der Waals surface area contributed by atoms with E-state index < -0.39 is 29.6 Å². The fraction of sp³-hybridized carbons (Fsp3) is 0.304. The molecule has 3 heterocycles. The fourth-order valence-electron chi connectivity index (χ4n) is 3.57. The third-order valence-electron chi connectivity index (χ3n) is 5.58. The molecule has 1 aromatic carbocycles. The lowest BCUT2D eigenvalue weighted by Crippen LogP contribution is -2.21. The number of pyridine rings is 1. The number of fused-ring (bicyclic) bond motifs is 1. The zero-order valence-electron chi connectivity index (χ0n) is 19.0. The molecule has 3 N–H and O–H groups in total. The highest BCUT2D eigenvalue weighted by Crippen LogP contribution is 2.33. The van der Waals surface area contributed by atoms with Gasteiger partial charge in [0.05, 0.1) is 6.20 Å². The smallest absolute Gasteiger partial charge is 0.420 e. The van der Waals surface area contributed by atoms with Gasteiger partial charge in [0.1, 0.15) is 23.3 Å². The number of aliphatic hydroxyl groups excluding tert-OH is 1. The summed E-state index contributed by atoms with van der Waals surface area (Å²) in [7, 11) is 0. The van der Waals surface area contributed by atoms with Crippen LogP contribution in [-0.4, -0.2) is 41.6 Å². The lowest BCUT2D eigenvalue weighted by atomic mass is 10.2. The molecule has 1 amide bonds. The highest BCUT2D eigenvalue weighted by Gasteiger charge is 2.38. The van der Waals surface area contributed by atoms with Gasteiger partial charge in [-0.05, 0) is 44.0 Å². The SMILES string of the molecule is CCn1cc(C(F)(F)F)c(C(=O)Nc2cccc(Oc3ccc4nc(NC(O)C5CC5)nn4c3)c2)n1. The Kier molecular flexibility index (Phi) is 6.00. The van der Waals surface area contributed by atoms with Gasteiger partial charge >= 0.3 is 6.18 Å². The van der Waals surface area contributed by atoms with Gasteiger partial charge in [0.25, 0.3) is 5.91 Å². The summed E-state index contributed by atoms with van der Waals surface area (Å²) in [6.45, 7) is 1.82. The van der Waals surface area contributed by atoms with Crippen LogP contribution in [0.4, 0.5) is 24.8 Å². The zero-order valence-corrected chi connectivity index (χ0v) is 19.0. The maximum Gasteiger partial charge on any atom is 0.420 e. The predicted octanol–water partition coefficient (Wildman–Crippen LogP) is 4.15. The monoisotopic (exact) mass is 501 g/mol. The molecule has 0 spiro atoms. The van der Waals surface area contributed by atoms with Crippen molar-refractivity contribution in [1.82, 2.24) is 24.4 Å². The van der Waals surface area contributed by atoms with Crippen molar-refractivity contribution in [3.8, 4) is 11.5 Å². The third kappa shape index (κ3) is 5.10. The van der Waals surface area contributed by atoms with Crippen molar-refractivity contribution >= 4 is 23.2 Å². The van der Waals surface area contributed by atoms with Crippen LogP contribution in [0.25, 0.3) is 5.65 Å². The van der Waals surface area contributed by atoms with Crippen molar-refractivity contribution in [2.75, 3.05) is 10.6 Å². The molecular formula is C23H22F3N7O3. The summed E-state index contributed by atoms with van der Waals surface area (Å²) in [4.78, 5) is 16.9. The van der Waals surface area contributed by atoms with E-state index in [1.807, 2.05) is 0 Å². The molecule has 1 aliphatic carbocycles. The second-order valence-electron chi connectivity index (χ2n) is 8.36. The average molecular weight is 501 g/mol. The van der Waals surface area contributed by atoms with E-state index in [1.54, 1.807) is 37.4 Å². The fourth-order valence-corrected chi connectivity index (χ4v) is 3.57. The van der Waals surface area contributed by atoms with Gasteiger partial charge < -0.3 is 20.5 Å². The number of aliphatic hydroxyl groups is 1. The summed E-state index contributed by atoms with van der Waals surface area (Å²) >= 11 is 0. The molecule has 5 rings (SSSR count). The van der Waals surface area contributed by atoms with Crippen molar-refractivity contribution in [2.45, 2.75) is 38.7 Å². The molecule has 1 unspecified atom stereocenters. The number of nitrogens with zero attached hydrogens (tertiary/aromatic N) is 5. The minimum atomic E-state index is -4.71. The lowest BCUT2D eigenvalue weighted by molar-refractivity contribution is -0.137. The van der Waals surface area contributed by atoms with Crippen LogP contribution in [0.5, 0.6) is 11.5 Å². The van der Waals surface area contributed by atoms with Gasteiger partial charge in [-0.15, -0.1) is 5.10 Å². The van der Waals surface area contributed by atoms with E-state index in [9.17, 15) is 23.1 Å². The number of rotatable bonds is 8. The predicted molar refractivity (Wildman–Crippen MR) is 123 cm³/mol. The number of nitrogens with one attached hydrogen (secondary N) is 2. The van der Waals surface area contributed by atoms with E-state index in [1.165, 1.54) is 16.6 Å². The van der Waals surface area contributed by atoms with Gasteiger partial charge in [-0.2, -0.15) is 23.3 Å². The summed E-state index contributed by atoms with van der Waals surface area (Å²) in [5.74, 6) is 0.269. The van der Waals surface area contributed by atoms with Gasteiger partial charge in [-0.3, -0.25) is 9.48 Å². The number of halogens is 3. The van der Waals surface area contributed by atoms with Gasteiger partial charge in [0.2, 0.25) is 5.95 Å². The van der Waals surface area contributed by atoms with Crippen LogP contribution in [0.2, 0.25) is 0 Å². The van der Waals surface area contributed by atoms with Crippen molar-refractivity contribution in [1.29, 1.82) is 0 Å². The second kappa shape index (κ2) is 9.15. The number of carbonyl (C=O) groups is 1. The molecule has 36 heavy (non-hydrogen) atoms. The Morgan fingerprint density at radius 1 is 1.19 bits per heavy atom. The molecule has 4 aromatic rings. The number of carbonyl (C=O) groups excluding carboxylic acids is 1. The number of amides is 1. The van der Waals surface area contributed by atoms with Crippen LogP contribution in [0.1, 0.15) is 35.8 Å². The first-order chi connectivity index (χ1) is 17.2. The van der Waals surface area contributed by atoms with Gasteiger partial charge in [0.15, 0.2) is 11.3 Å². The molecule has 0 radical (unpaired) electrons. The molecule has 1 saturated carbocycles. The number of benzene rings is 1. The second-order valence-corrected chi connectivity index (χ2v) is 8.36. The van der Waals surface area contributed by atoms with Crippen LogP contribution in [0.3, 0.4) is 0 Å². The van der Waals surface area contributed by atoms with E-state index in [0.717, 1.165) is 23.7 Å². The average Bonchev–Trinajstić information content (AvgIpc) is 3.45. The van der Waals surface area contributed by atoms with Gasteiger partial charge in [-0.1, -0.05) is 6.07 Å². The number of aromatic nitrogens is 5. The van der Waals surface area contributed by atoms with Crippen LogP contribution >= 0.6 is 0 Å².